The van der Waals surface area contributed by atoms with Gasteiger partial charge in [-0.3, -0.25) is 4.79 Å². The molecule has 1 aliphatic heterocycles. The Morgan fingerprint density at radius 1 is 1.16 bits per heavy atom. The van der Waals surface area contributed by atoms with Gasteiger partial charge < -0.3 is 10.4 Å². The minimum absolute atomic E-state index is 0.177. The first kappa shape index (κ1) is 17.6. The minimum atomic E-state index is -0.985. The van der Waals surface area contributed by atoms with Crippen LogP contribution in [0.3, 0.4) is 0 Å². The number of thioether (sulfide) groups is 2. The first-order chi connectivity index (χ1) is 12.1. The van der Waals surface area contributed by atoms with Gasteiger partial charge in [0.25, 0.3) is 5.91 Å². The van der Waals surface area contributed by atoms with Gasteiger partial charge in [0, 0.05) is 17.0 Å². The Bertz CT molecular complexity index is 804. The maximum Gasteiger partial charge on any atom is 0.335 e. The zero-order valence-corrected chi connectivity index (χ0v) is 15.0. The van der Waals surface area contributed by atoms with Gasteiger partial charge in [-0.05, 0) is 47.9 Å². The van der Waals surface area contributed by atoms with Gasteiger partial charge in [0.1, 0.15) is 0 Å². The molecule has 1 amide bonds. The summed E-state index contributed by atoms with van der Waals surface area (Å²) in [5, 5.41) is 15.6. The Kier molecular flexibility index (Phi) is 5.83. The molecule has 4 nitrogen and oxygen atoms in total. The third-order valence-electron chi connectivity index (χ3n) is 3.73. The second-order valence-corrected chi connectivity index (χ2v) is 7.52. The van der Waals surface area contributed by atoms with E-state index in [1.165, 1.54) is 46.1 Å². The van der Waals surface area contributed by atoms with Crippen molar-refractivity contribution in [2.24, 2.45) is 0 Å². The summed E-state index contributed by atoms with van der Waals surface area (Å²) in [4.78, 5) is 25.1. The summed E-state index contributed by atoms with van der Waals surface area (Å²) in [5.41, 5.74) is 2.16. The Morgan fingerprint density at radius 3 is 2.64 bits per heavy atom. The number of amides is 1. The highest BCUT2D eigenvalue weighted by molar-refractivity contribution is 8.13. The molecule has 0 radical (unpaired) electrons. The summed E-state index contributed by atoms with van der Waals surface area (Å²) in [7, 11) is 0. The molecule has 3 rings (SSSR count). The van der Waals surface area contributed by atoms with E-state index in [0.29, 0.717) is 10.6 Å². The number of hydrogen-bond donors (Lipinski definition) is 2. The van der Waals surface area contributed by atoms with Crippen LogP contribution in [0.5, 0.6) is 0 Å². The van der Waals surface area contributed by atoms with Gasteiger partial charge in [0.15, 0.2) is 0 Å². The third-order valence-corrected chi connectivity index (χ3v) is 5.87. The maximum absolute atomic E-state index is 12.4. The topological polar surface area (TPSA) is 66.4 Å². The van der Waals surface area contributed by atoms with Crippen LogP contribution in [0.1, 0.15) is 29.6 Å². The number of nitrogens with one attached hydrogen (secondary N) is 1. The van der Waals surface area contributed by atoms with E-state index >= 15 is 0 Å². The number of hydrogen-bond acceptors (Lipinski definition) is 4. The number of allylic oxidation sites excluding steroid dienone is 5. The van der Waals surface area contributed by atoms with Crippen LogP contribution in [0.4, 0.5) is 5.69 Å². The molecule has 0 saturated carbocycles. The van der Waals surface area contributed by atoms with Crippen LogP contribution < -0.4 is 5.32 Å². The van der Waals surface area contributed by atoms with Gasteiger partial charge in [0.05, 0.1) is 10.5 Å². The number of rotatable bonds is 5. The predicted octanol–water partition coefficient (Wildman–Crippen LogP) is 5.15. The van der Waals surface area contributed by atoms with Gasteiger partial charge in [-0.15, -0.1) is 11.8 Å². The normalized spacial score (nSPS) is 16.6. The fourth-order valence-corrected chi connectivity index (χ4v) is 4.39. The highest BCUT2D eigenvalue weighted by atomic mass is 32.2. The molecule has 0 atom stereocenters. The summed E-state index contributed by atoms with van der Waals surface area (Å²) in [6.45, 7) is 0. The maximum atomic E-state index is 12.4. The van der Waals surface area contributed by atoms with Crippen LogP contribution >= 0.6 is 23.5 Å². The number of carboxylic acid groups (broad SMARTS) is 1. The zero-order valence-electron chi connectivity index (χ0n) is 13.4. The molecule has 0 saturated heterocycles. The lowest BCUT2D eigenvalue weighted by molar-refractivity contribution is -0.112. The standard InChI is InChI=1S/C19H17NO3S2/c21-18(20-15-8-6-14(7-9-15)19(22)23)17-12-24-11-16(25-17)10-13-4-2-1-3-5-13/h1-2,4,6-9,11-12H,3,5,10H2,(H,20,21)(H,22,23). The number of carbonyl (C=O) groups is 2. The second-order valence-electron chi connectivity index (χ2n) is 5.61. The largest absolute Gasteiger partial charge is 0.478 e. The minimum Gasteiger partial charge on any atom is -0.478 e. The smallest absolute Gasteiger partial charge is 0.335 e. The number of benzene rings is 1. The molecule has 1 heterocycles. The van der Waals surface area contributed by atoms with Gasteiger partial charge in [-0.25, -0.2) is 4.79 Å². The third kappa shape index (κ3) is 4.90. The van der Waals surface area contributed by atoms with Crippen LogP contribution in [0.2, 0.25) is 0 Å². The van der Waals surface area contributed by atoms with Crippen molar-refractivity contribution in [1.29, 1.82) is 0 Å². The summed E-state index contributed by atoms with van der Waals surface area (Å²) < 4.78 is 0. The van der Waals surface area contributed by atoms with Crippen molar-refractivity contribution in [3.63, 3.8) is 0 Å². The second kappa shape index (κ2) is 8.27. The van der Waals surface area contributed by atoms with Crippen LogP contribution in [0.15, 0.2) is 68.7 Å². The van der Waals surface area contributed by atoms with Crippen molar-refractivity contribution in [3.05, 3.63) is 74.3 Å². The Balaban J connectivity index is 1.59. The van der Waals surface area contributed by atoms with Crippen molar-refractivity contribution < 1.29 is 14.7 Å². The van der Waals surface area contributed by atoms with Crippen molar-refractivity contribution >= 4 is 41.1 Å². The molecular formula is C19H17NO3S2. The van der Waals surface area contributed by atoms with Gasteiger partial charge in [0.2, 0.25) is 0 Å². The van der Waals surface area contributed by atoms with Crippen molar-refractivity contribution in [2.45, 2.75) is 19.3 Å². The van der Waals surface area contributed by atoms with Crippen molar-refractivity contribution in [1.82, 2.24) is 0 Å². The summed E-state index contributed by atoms with van der Waals surface area (Å²) in [6, 6.07) is 6.14. The molecule has 1 aromatic rings. The molecule has 0 aromatic heterocycles. The number of aromatic carboxylic acids is 1. The zero-order chi connectivity index (χ0) is 17.6. The molecule has 1 aliphatic carbocycles. The molecule has 2 N–H and O–H groups in total. The van der Waals surface area contributed by atoms with E-state index < -0.39 is 5.97 Å². The molecule has 2 aliphatic rings. The fraction of sp³-hybridized carbons (Fsp3) is 0.158. The number of carbonyl (C=O) groups excluding carboxylic acids is 1. The van der Waals surface area contributed by atoms with Crippen LogP contribution in [-0.4, -0.2) is 17.0 Å². The fourth-order valence-electron chi connectivity index (χ4n) is 2.45. The number of anilines is 1. The van der Waals surface area contributed by atoms with E-state index in [1.54, 1.807) is 12.1 Å². The average Bonchev–Trinajstić information content (AvgIpc) is 2.63. The Hall–Kier alpha value is -2.18. The summed E-state index contributed by atoms with van der Waals surface area (Å²) in [6.07, 6.45) is 9.42. The van der Waals surface area contributed by atoms with Crippen molar-refractivity contribution in [2.75, 3.05) is 5.32 Å². The average molecular weight is 371 g/mol. The van der Waals surface area contributed by atoms with Gasteiger partial charge in [-0.1, -0.05) is 35.6 Å². The first-order valence-corrected chi connectivity index (χ1v) is 9.59. The van der Waals surface area contributed by atoms with Crippen LogP contribution in [0.25, 0.3) is 0 Å². The molecule has 0 spiro atoms. The van der Waals surface area contributed by atoms with E-state index in [2.05, 4.69) is 29.0 Å². The molecule has 0 bridgehead atoms. The van der Waals surface area contributed by atoms with Gasteiger partial charge in [-0.2, -0.15) is 0 Å². The Morgan fingerprint density at radius 2 is 1.96 bits per heavy atom. The van der Waals surface area contributed by atoms with E-state index in [9.17, 15) is 9.59 Å². The van der Waals surface area contributed by atoms with Gasteiger partial charge >= 0.3 is 5.97 Å². The molecule has 25 heavy (non-hydrogen) atoms. The SMILES string of the molecule is O=C(Nc1ccc(C(=O)O)cc1)C1=CSC=C(CC2=CC=CCC2)S1. The summed E-state index contributed by atoms with van der Waals surface area (Å²) in [5.74, 6) is -1.16. The van der Waals surface area contributed by atoms with E-state index in [0.717, 1.165) is 19.3 Å². The molecule has 1 aromatic carbocycles. The molecule has 0 fully saturated rings. The van der Waals surface area contributed by atoms with Crippen molar-refractivity contribution in [3.8, 4) is 0 Å². The highest BCUT2D eigenvalue weighted by Crippen LogP contribution is 2.39. The molecular weight excluding hydrogens is 354 g/mol. The number of carboxylic acids is 1. The van der Waals surface area contributed by atoms with E-state index in [-0.39, 0.29) is 11.5 Å². The highest BCUT2D eigenvalue weighted by Gasteiger charge is 2.17. The lowest BCUT2D eigenvalue weighted by atomic mass is 10.0. The summed E-state index contributed by atoms with van der Waals surface area (Å²) >= 11 is 3.01. The predicted molar refractivity (Wildman–Crippen MR) is 104 cm³/mol. The monoisotopic (exact) mass is 371 g/mol. The molecule has 6 heteroatoms. The quantitative estimate of drug-likeness (QED) is 0.749. The van der Waals surface area contributed by atoms with Crippen LogP contribution in [-0.2, 0) is 4.79 Å². The lowest BCUT2D eigenvalue weighted by Gasteiger charge is -2.16. The first-order valence-electron chi connectivity index (χ1n) is 7.83. The Labute approximate surface area is 154 Å². The van der Waals surface area contributed by atoms with E-state index in [4.69, 9.17) is 5.11 Å². The van der Waals surface area contributed by atoms with E-state index in [1.807, 2.05) is 5.41 Å². The van der Waals surface area contributed by atoms with Crippen LogP contribution in [0, 0.1) is 0 Å². The lowest BCUT2D eigenvalue weighted by Crippen LogP contribution is -2.13. The molecule has 128 valence electrons. The molecule has 0 unspecified atom stereocenters.